The third-order valence-corrected chi connectivity index (χ3v) is 2.49. The molecule has 0 aromatic carbocycles. The fraction of sp³-hybridized carbons (Fsp3) is 0.455. The Balaban J connectivity index is 2.29. The molecule has 6 heteroatoms. The number of rotatable bonds is 5. The van der Waals surface area contributed by atoms with Crippen LogP contribution in [0.15, 0.2) is 24.7 Å². The lowest BCUT2D eigenvalue weighted by Gasteiger charge is -2.16. The molecule has 6 nitrogen and oxygen atoms in total. The maximum atomic E-state index is 4.29. The molecule has 0 bridgehead atoms. The minimum absolute atomic E-state index is 0.0591. The highest BCUT2D eigenvalue weighted by atomic mass is 15.4. The molecule has 0 aliphatic rings. The molecule has 1 atom stereocenters. The first-order valence-electron chi connectivity index (χ1n) is 5.67. The summed E-state index contributed by atoms with van der Waals surface area (Å²) in [4.78, 5) is 8.57. The van der Waals surface area contributed by atoms with Crippen LogP contribution in [0.2, 0.25) is 0 Å². The molecule has 0 aliphatic heterocycles. The first-order valence-corrected chi connectivity index (χ1v) is 5.67. The third-order valence-electron chi connectivity index (χ3n) is 2.49. The number of nitrogens with one attached hydrogen (secondary N) is 1. The molecule has 2 heterocycles. The zero-order valence-electron chi connectivity index (χ0n) is 10.0. The minimum atomic E-state index is -0.0591. The predicted molar refractivity (Wildman–Crippen MR) is 63.2 cm³/mol. The monoisotopic (exact) mass is 232 g/mol. The number of nitrogens with zero attached hydrogens (tertiary/aromatic N) is 5. The Kier molecular flexibility index (Phi) is 3.77. The van der Waals surface area contributed by atoms with Gasteiger partial charge in [0.2, 0.25) is 0 Å². The number of hydrogen-bond donors (Lipinski definition) is 1. The van der Waals surface area contributed by atoms with Gasteiger partial charge in [-0.05, 0) is 19.0 Å². The zero-order valence-corrected chi connectivity index (χ0v) is 10.0. The molecule has 2 aromatic rings. The molecule has 0 saturated carbocycles. The van der Waals surface area contributed by atoms with Crippen LogP contribution in [0.4, 0.5) is 0 Å². The van der Waals surface area contributed by atoms with Crippen molar-refractivity contribution in [1.82, 2.24) is 30.3 Å². The molecule has 0 fully saturated rings. The van der Waals surface area contributed by atoms with Gasteiger partial charge in [-0.1, -0.05) is 12.1 Å². The van der Waals surface area contributed by atoms with E-state index in [0.29, 0.717) is 0 Å². The number of hydrogen-bond acceptors (Lipinski definition) is 5. The summed E-state index contributed by atoms with van der Waals surface area (Å²) in [5.41, 5.74) is 0.963. The maximum Gasteiger partial charge on any atom is 0.151 e. The molecule has 0 aliphatic carbocycles. The first-order chi connectivity index (χ1) is 8.33. The summed E-state index contributed by atoms with van der Waals surface area (Å²) in [5.74, 6) is 0.742. The summed E-state index contributed by atoms with van der Waals surface area (Å²) >= 11 is 0. The van der Waals surface area contributed by atoms with Gasteiger partial charge in [-0.3, -0.25) is 4.68 Å². The lowest BCUT2D eigenvalue weighted by atomic mass is 10.2. The van der Waals surface area contributed by atoms with Crippen LogP contribution in [0, 0.1) is 0 Å². The molecule has 0 spiro atoms. The zero-order chi connectivity index (χ0) is 12.1. The maximum absolute atomic E-state index is 4.29. The van der Waals surface area contributed by atoms with Crippen molar-refractivity contribution in [2.24, 2.45) is 7.05 Å². The van der Waals surface area contributed by atoms with Gasteiger partial charge in [0.05, 0.1) is 11.9 Å². The van der Waals surface area contributed by atoms with Gasteiger partial charge in [-0.2, -0.15) is 0 Å². The van der Waals surface area contributed by atoms with Crippen molar-refractivity contribution in [3.05, 3.63) is 36.2 Å². The molecule has 0 radical (unpaired) electrons. The lowest BCUT2D eigenvalue weighted by Crippen LogP contribution is -2.26. The van der Waals surface area contributed by atoms with Crippen LogP contribution in [0.1, 0.15) is 30.9 Å². The average molecular weight is 232 g/mol. The second kappa shape index (κ2) is 5.49. The Morgan fingerprint density at radius 2 is 2.12 bits per heavy atom. The second-order valence-electron chi connectivity index (χ2n) is 3.78. The van der Waals surface area contributed by atoms with Crippen LogP contribution in [0.5, 0.6) is 0 Å². The lowest BCUT2D eigenvalue weighted by molar-refractivity contribution is 0.530. The van der Waals surface area contributed by atoms with E-state index in [1.165, 1.54) is 0 Å². The van der Waals surface area contributed by atoms with Gasteiger partial charge in [0.1, 0.15) is 6.04 Å². The van der Waals surface area contributed by atoms with E-state index in [1.54, 1.807) is 23.3 Å². The predicted octanol–water partition coefficient (Wildman–Crippen LogP) is 0.694. The van der Waals surface area contributed by atoms with Crippen molar-refractivity contribution < 1.29 is 0 Å². The summed E-state index contributed by atoms with van der Waals surface area (Å²) in [6, 6.07) is 1.75. The van der Waals surface area contributed by atoms with Crippen LogP contribution in [0.25, 0.3) is 0 Å². The van der Waals surface area contributed by atoms with E-state index in [9.17, 15) is 0 Å². The highest BCUT2D eigenvalue weighted by Crippen LogP contribution is 2.16. The third kappa shape index (κ3) is 2.65. The fourth-order valence-corrected chi connectivity index (χ4v) is 1.64. The second-order valence-corrected chi connectivity index (χ2v) is 3.78. The van der Waals surface area contributed by atoms with Gasteiger partial charge in [0, 0.05) is 19.4 Å². The molecule has 17 heavy (non-hydrogen) atoms. The SMILES string of the molecule is CCCNC(c1ncccn1)c1cnnn1C. The van der Waals surface area contributed by atoms with E-state index >= 15 is 0 Å². The van der Waals surface area contributed by atoms with Gasteiger partial charge in [-0.25, -0.2) is 9.97 Å². The van der Waals surface area contributed by atoms with Gasteiger partial charge < -0.3 is 5.32 Å². The van der Waals surface area contributed by atoms with E-state index in [-0.39, 0.29) is 6.04 Å². The van der Waals surface area contributed by atoms with E-state index < -0.39 is 0 Å². The van der Waals surface area contributed by atoms with Crippen LogP contribution >= 0.6 is 0 Å². The Morgan fingerprint density at radius 3 is 2.71 bits per heavy atom. The van der Waals surface area contributed by atoms with Crippen LogP contribution in [-0.2, 0) is 7.05 Å². The largest absolute Gasteiger partial charge is 0.302 e. The fourth-order valence-electron chi connectivity index (χ4n) is 1.64. The van der Waals surface area contributed by atoms with E-state index in [1.807, 2.05) is 13.1 Å². The van der Waals surface area contributed by atoms with Crippen LogP contribution in [0.3, 0.4) is 0 Å². The van der Waals surface area contributed by atoms with Crippen molar-refractivity contribution in [3.63, 3.8) is 0 Å². The first kappa shape index (κ1) is 11.7. The standard InChI is InChI=1S/C11H16N6/c1-3-5-12-10(9-8-15-16-17(9)2)11-13-6-4-7-14-11/h4,6-8,10,12H,3,5H2,1-2H3. The summed E-state index contributed by atoms with van der Waals surface area (Å²) in [5, 5.41) is 11.2. The summed E-state index contributed by atoms with van der Waals surface area (Å²) in [6.07, 6.45) is 6.28. The van der Waals surface area contributed by atoms with Crippen molar-refractivity contribution in [2.45, 2.75) is 19.4 Å². The summed E-state index contributed by atoms with van der Waals surface area (Å²) in [6.45, 7) is 3.02. The summed E-state index contributed by atoms with van der Waals surface area (Å²) in [7, 11) is 1.87. The Bertz CT molecular complexity index is 452. The van der Waals surface area contributed by atoms with Crippen LogP contribution in [-0.4, -0.2) is 31.5 Å². The average Bonchev–Trinajstić information content (AvgIpc) is 2.78. The Morgan fingerprint density at radius 1 is 1.35 bits per heavy atom. The highest BCUT2D eigenvalue weighted by Gasteiger charge is 2.19. The van der Waals surface area contributed by atoms with E-state index in [0.717, 1.165) is 24.5 Å². The van der Waals surface area contributed by atoms with Gasteiger partial charge in [-0.15, -0.1) is 5.10 Å². The molecule has 0 amide bonds. The van der Waals surface area contributed by atoms with E-state index in [2.05, 4.69) is 32.5 Å². The molecule has 2 rings (SSSR count). The Hall–Kier alpha value is -1.82. The molecule has 1 unspecified atom stereocenters. The highest BCUT2D eigenvalue weighted by molar-refractivity contribution is 5.13. The number of aryl methyl sites for hydroxylation is 1. The quantitative estimate of drug-likeness (QED) is 0.821. The van der Waals surface area contributed by atoms with Crippen molar-refractivity contribution in [3.8, 4) is 0 Å². The van der Waals surface area contributed by atoms with Crippen molar-refractivity contribution in [2.75, 3.05) is 6.54 Å². The molecule has 1 N–H and O–H groups in total. The van der Waals surface area contributed by atoms with Gasteiger partial charge in [0.25, 0.3) is 0 Å². The minimum Gasteiger partial charge on any atom is -0.302 e. The molecular weight excluding hydrogens is 216 g/mol. The van der Waals surface area contributed by atoms with Gasteiger partial charge >= 0.3 is 0 Å². The van der Waals surface area contributed by atoms with Gasteiger partial charge in [0.15, 0.2) is 5.82 Å². The Labute approximate surface area is 100 Å². The molecule has 2 aromatic heterocycles. The molecular formula is C11H16N6. The smallest absolute Gasteiger partial charge is 0.151 e. The van der Waals surface area contributed by atoms with Crippen LogP contribution < -0.4 is 5.32 Å². The number of aromatic nitrogens is 5. The molecule has 90 valence electrons. The molecule has 0 saturated heterocycles. The van der Waals surface area contributed by atoms with E-state index in [4.69, 9.17) is 0 Å². The topological polar surface area (TPSA) is 68.5 Å². The van der Waals surface area contributed by atoms with Crippen molar-refractivity contribution in [1.29, 1.82) is 0 Å². The van der Waals surface area contributed by atoms with Crippen molar-refractivity contribution >= 4 is 0 Å². The summed E-state index contributed by atoms with van der Waals surface area (Å²) < 4.78 is 1.74. The normalized spacial score (nSPS) is 12.6.